The number of carboxylic acid groups (broad SMARTS) is 2. The van der Waals surface area contributed by atoms with E-state index in [9.17, 15) is 82.1 Å². The predicted octanol–water partition coefficient (Wildman–Crippen LogP) is -5.51. The molecule has 0 radical (unpaired) electrons. The lowest BCUT2D eigenvalue weighted by Gasteiger charge is -2.26. The lowest BCUT2D eigenvalue weighted by atomic mass is 10.0. The van der Waals surface area contributed by atoms with Crippen LogP contribution in [0.4, 0.5) is 0 Å². The van der Waals surface area contributed by atoms with Crippen molar-refractivity contribution in [1.82, 2.24) is 79.8 Å². The average molecular weight is 1470 g/mol. The molecule has 5 rings (SSSR count). The molecule has 0 saturated carbocycles. The van der Waals surface area contributed by atoms with Crippen molar-refractivity contribution in [3.05, 3.63) is 108 Å². The molecule has 3 aromatic carbocycles. The van der Waals surface area contributed by atoms with Crippen molar-refractivity contribution in [1.29, 1.82) is 10.8 Å². The Morgan fingerprint density at radius 1 is 0.419 bits per heavy atom. The fourth-order valence-electron chi connectivity index (χ4n) is 11.1. The zero-order valence-corrected chi connectivity index (χ0v) is 57.9. The number of unbranched alkanes of at least 4 members (excludes halogenated alkanes) is 2. The molecule has 37 heteroatoms. The molecule has 3 aromatic rings. The van der Waals surface area contributed by atoms with Gasteiger partial charge in [-0.15, -0.1) is 0 Å². The fraction of sp³-hybridized carbons (Fsp3) is 0.485. The largest absolute Gasteiger partial charge is 0.481 e. The van der Waals surface area contributed by atoms with Crippen LogP contribution in [0, 0.1) is 10.8 Å². The Morgan fingerprint density at radius 3 is 1.16 bits per heavy atom. The molecule has 13 amide bonds. The number of rotatable bonds is 34. The number of hydrogen-bond donors (Lipinski definition) is 22. The van der Waals surface area contributed by atoms with Gasteiger partial charge in [0.2, 0.25) is 76.8 Å². The zero-order chi connectivity index (χ0) is 76.8. The zero-order valence-electron chi connectivity index (χ0n) is 57.9. The summed E-state index contributed by atoms with van der Waals surface area (Å²) < 4.78 is 0. The first-order chi connectivity index (χ1) is 50.1. The molecule has 105 heavy (non-hydrogen) atoms. The van der Waals surface area contributed by atoms with Gasteiger partial charge in [0.05, 0.1) is 32.0 Å². The van der Waals surface area contributed by atoms with Gasteiger partial charge in [-0.25, -0.2) is 0 Å². The second-order valence-electron chi connectivity index (χ2n) is 25.1. The van der Waals surface area contributed by atoms with E-state index < -0.39 is 175 Å². The first-order valence-corrected chi connectivity index (χ1v) is 34.4. The van der Waals surface area contributed by atoms with E-state index in [4.69, 9.17) is 28.0 Å². The molecule has 0 spiro atoms. The quantitative estimate of drug-likeness (QED) is 0.0151. The summed E-state index contributed by atoms with van der Waals surface area (Å²) in [6.07, 6.45) is -2.17. The normalized spacial score (nSPS) is 20.7. The molecular weight excluding hydrogens is 1370 g/mol. The average Bonchev–Trinajstić information content (AvgIpc) is 1.72. The van der Waals surface area contributed by atoms with Crippen molar-refractivity contribution >= 4 is 101 Å². The Kier molecular flexibility index (Phi) is 35.6. The highest BCUT2D eigenvalue weighted by Gasteiger charge is 2.36. The number of amides is 13. The number of carbonyl (C=O) groups excluding carboxylic acids is 13. The van der Waals surface area contributed by atoms with Crippen LogP contribution in [0.3, 0.4) is 0 Å². The first-order valence-electron chi connectivity index (χ1n) is 34.4. The number of aliphatic carboxylic acids is 2. The van der Waals surface area contributed by atoms with Crippen molar-refractivity contribution in [2.24, 2.45) is 17.2 Å². The third-order valence-electron chi connectivity index (χ3n) is 16.6. The second kappa shape index (κ2) is 44.6. The van der Waals surface area contributed by atoms with Gasteiger partial charge in [-0.1, -0.05) is 91.0 Å². The van der Waals surface area contributed by atoms with E-state index in [0.717, 1.165) is 5.56 Å². The van der Waals surface area contributed by atoms with Gasteiger partial charge >= 0.3 is 11.9 Å². The Labute approximate surface area is 604 Å². The summed E-state index contributed by atoms with van der Waals surface area (Å²) in [4.78, 5) is 203. The van der Waals surface area contributed by atoms with E-state index in [0.29, 0.717) is 11.1 Å². The Hall–Kier alpha value is -11.8. The van der Waals surface area contributed by atoms with Crippen molar-refractivity contribution < 1.29 is 82.1 Å². The SMILES string of the molecule is N=C(N)NCCCC1NC(=O)[C@H](CCCCNC(=O)CCC(NC(=O)[C@@H](N)Cc2ccccc2)C(=O)NCCCC[C@@H]2NC(=O)[C@@H](Cc3ccccc3)NC(=O)[C@H](CC(=O)O)NC(=O)CNC(=O)[C@H](CCCNC(=N)N)NC2=O)NC(=O)[C@@H](Cc2ccccc2)NC(=O)[C@H](CC(=O)O)NC(=O)CNC1=O. The van der Waals surface area contributed by atoms with Crippen LogP contribution in [0.5, 0.6) is 0 Å². The van der Waals surface area contributed by atoms with Crippen LogP contribution in [0.25, 0.3) is 0 Å². The van der Waals surface area contributed by atoms with Gasteiger partial charge in [0.25, 0.3) is 0 Å². The molecule has 2 saturated heterocycles. The molecule has 0 bridgehead atoms. The standard InChI is InChI=1S/C68H96N20O17/c69-42(32-39-16-4-1-5-17-39)57(96)82-47(58(97)75-29-13-11-23-46-62(101)84-44(25-15-31-77-68(72)73)60(99)79-38-54(91)81-51(36-56(94)95)66(105)88-49(64(103)86-46)34-41-20-8-3-9-21-41)26-27-52(89)74-28-12-10-22-45-61(100)83-43(24-14-30-76-67(70)71)59(98)78-37-53(90)80-50(35-55(92)93)65(104)87-48(63(102)85-45)33-40-18-6-2-7-19-40/h1-9,16-21,42-51H,10-15,22-38,69H2,(H,74,89)(H,75,97)(H,78,98)(H,79,99)(H,80,90)(H,81,91)(H,82,96)(H,83,100)(H,84,101)(H,85,102)(H,86,103)(H,87,104)(H,88,105)(H,92,93)(H,94,95)(H4,70,71,76)(H4,72,73,77)/t42-,43?,44-,45-,46-,47?,48+,49+,50-,51-/m0/s1. The monoisotopic (exact) mass is 1460 g/mol. The van der Waals surface area contributed by atoms with Gasteiger partial charge in [-0.3, -0.25) is 82.7 Å². The third kappa shape index (κ3) is 32.0. The maximum atomic E-state index is 14.3. The number of benzene rings is 3. The maximum absolute atomic E-state index is 14.3. The number of nitrogens with two attached hydrogens (primary N) is 3. The topological polar surface area (TPSA) is 603 Å². The van der Waals surface area contributed by atoms with Gasteiger partial charge in [0.15, 0.2) is 11.9 Å². The highest BCUT2D eigenvalue weighted by atomic mass is 16.4. The molecule has 2 heterocycles. The van der Waals surface area contributed by atoms with Crippen LogP contribution in [-0.2, 0) is 91.2 Å². The van der Waals surface area contributed by atoms with E-state index in [1.54, 1.807) is 91.0 Å². The van der Waals surface area contributed by atoms with E-state index in [2.05, 4.69) is 79.8 Å². The molecule has 2 aliphatic heterocycles. The molecule has 0 aliphatic carbocycles. The van der Waals surface area contributed by atoms with Crippen molar-refractivity contribution in [3.8, 4) is 0 Å². The van der Waals surface area contributed by atoms with E-state index >= 15 is 0 Å². The molecule has 25 N–H and O–H groups in total. The van der Waals surface area contributed by atoms with Gasteiger partial charge in [-0.05, 0) is 93.7 Å². The smallest absolute Gasteiger partial charge is 0.305 e. The third-order valence-corrected chi connectivity index (χ3v) is 16.6. The highest BCUT2D eigenvalue weighted by Crippen LogP contribution is 2.14. The lowest BCUT2D eigenvalue weighted by molar-refractivity contribution is -0.141. The van der Waals surface area contributed by atoms with Crippen molar-refractivity contribution in [2.45, 2.75) is 170 Å². The Morgan fingerprint density at radius 2 is 0.762 bits per heavy atom. The van der Waals surface area contributed by atoms with Crippen LogP contribution in [-0.4, -0.2) is 211 Å². The Balaban J connectivity index is 1.30. The molecule has 37 nitrogen and oxygen atoms in total. The maximum Gasteiger partial charge on any atom is 0.305 e. The number of carbonyl (C=O) groups is 15. The number of nitrogens with one attached hydrogen (secondary N) is 17. The van der Waals surface area contributed by atoms with Gasteiger partial charge < -0.3 is 107 Å². The number of guanidine groups is 2. The molecule has 2 fully saturated rings. The van der Waals surface area contributed by atoms with Gasteiger partial charge in [-0.2, -0.15) is 0 Å². The van der Waals surface area contributed by atoms with E-state index in [-0.39, 0.29) is 134 Å². The summed E-state index contributed by atoms with van der Waals surface area (Å²) >= 11 is 0. The highest BCUT2D eigenvalue weighted by molar-refractivity contribution is 6.00. The molecule has 0 aromatic heterocycles. The van der Waals surface area contributed by atoms with Crippen LogP contribution >= 0.6 is 0 Å². The summed E-state index contributed by atoms with van der Waals surface area (Å²) in [5.41, 5.74) is 19.0. The minimum absolute atomic E-state index is 0.0147. The molecule has 2 unspecified atom stereocenters. The van der Waals surface area contributed by atoms with Crippen molar-refractivity contribution in [3.63, 3.8) is 0 Å². The van der Waals surface area contributed by atoms with Gasteiger partial charge in [0, 0.05) is 45.4 Å². The predicted molar refractivity (Wildman–Crippen MR) is 378 cm³/mol. The minimum atomic E-state index is -1.71. The summed E-state index contributed by atoms with van der Waals surface area (Å²) in [5.74, 6) is -14.9. The fourth-order valence-corrected chi connectivity index (χ4v) is 11.1. The summed E-state index contributed by atoms with van der Waals surface area (Å²) in [5, 5.41) is 72.6. The lowest BCUT2D eigenvalue weighted by Crippen LogP contribution is -2.58. The van der Waals surface area contributed by atoms with E-state index in [1.165, 1.54) is 0 Å². The number of hydrogen-bond acceptors (Lipinski definition) is 18. The Bertz CT molecular complexity index is 3520. The van der Waals surface area contributed by atoms with Crippen LogP contribution < -0.4 is 97.0 Å². The number of carboxylic acids is 2. The molecule has 570 valence electrons. The summed E-state index contributed by atoms with van der Waals surface area (Å²) in [6, 6.07) is 11.3. The van der Waals surface area contributed by atoms with Crippen LogP contribution in [0.15, 0.2) is 91.0 Å². The van der Waals surface area contributed by atoms with E-state index in [1.807, 2.05) is 0 Å². The van der Waals surface area contributed by atoms with Crippen LogP contribution in [0.1, 0.15) is 107 Å². The van der Waals surface area contributed by atoms with Gasteiger partial charge in [0.1, 0.15) is 54.4 Å². The summed E-state index contributed by atoms with van der Waals surface area (Å²) in [6.45, 7) is -1.40. The molecular formula is C68H96N20O17. The molecule has 10 atom stereocenters. The minimum Gasteiger partial charge on any atom is -0.481 e. The first kappa shape index (κ1) is 83.9. The summed E-state index contributed by atoms with van der Waals surface area (Å²) in [7, 11) is 0. The molecule has 2 aliphatic rings. The van der Waals surface area contributed by atoms with Crippen molar-refractivity contribution in [2.75, 3.05) is 39.3 Å². The second-order valence-corrected chi connectivity index (χ2v) is 25.1. The van der Waals surface area contributed by atoms with Crippen LogP contribution in [0.2, 0.25) is 0 Å².